The van der Waals surface area contributed by atoms with Gasteiger partial charge in [0.05, 0.1) is 0 Å². The second-order valence-electron chi connectivity index (χ2n) is 4.94. The molecule has 2 aromatic carbocycles. The number of nitrogens with one attached hydrogen (secondary N) is 1. The zero-order valence-corrected chi connectivity index (χ0v) is 11.7. The van der Waals surface area contributed by atoms with E-state index in [1.807, 2.05) is 32.9 Å². The molecule has 4 heteroatoms. The molecule has 0 saturated carbocycles. The molecule has 2 N–H and O–H groups in total. The van der Waals surface area contributed by atoms with Crippen molar-refractivity contribution < 1.29 is 13.9 Å². The number of hydrogen-bond acceptors (Lipinski definition) is 2. The van der Waals surface area contributed by atoms with Gasteiger partial charge in [-0.05, 0) is 50.1 Å². The second kappa shape index (κ2) is 5.49. The smallest absolute Gasteiger partial charge is 0.159 e. The van der Waals surface area contributed by atoms with E-state index in [9.17, 15) is 13.9 Å². The second-order valence-corrected chi connectivity index (χ2v) is 4.94. The molecule has 2 rings (SSSR count). The van der Waals surface area contributed by atoms with Crippen LogP contribution in [0.1, 0.15) is 29.7 Å². The molecule has 1 atom stereocenters. The lowest BCUT2D eigenvalue weighted by atomic mass is 10.1. The van der Waals surface area contributed by atoms with Gasteiger partial charge in [0.25, 0.3) is 0 Å². The van der Waals surface area contributed by atoms with Gasteiger partial charge in [0.15, 0.2) is 11.6 Å². The van der Waals surface area contributed by atoms with Gasteiger partial charge in [0.2, 0.25) is 0 Å². The molecule has 0 bridgehead atoms. The van der Waals surface area contributed by atoms with Gasteiger partial charge in [-0.2, -0.15) is 0 Å². The van der Waals surface area contributed by atoms with E-state index >= 15 is 0 Å². The highest BCUT2D eigenvalue weighted by molar-refractivity contribution is 5.59. The van der Waals surface area contributed by atoms with Crippen LogP contribution in [0.4, 0.5) is 14.5 Å². The van der Waals surface area contributed by atoms with E-state index in [2.05, 4.69) is 5.32 Å². The summed E-state index contributed by atoms with van der Waals surface area (Å²) in [5.41, 5.74) is 2.95. The number of halogens is 2. The minimum absolute atomic E-state index is 0.203. The molecule has 106 valence electrons. The molecule has 2 aromatic rings. The Kier molecular flexibility index (Phi) is 3.93. The van der Waals surface area contributed by atoms with Crippen molar-refractivity contribution in [2.75, 3.05) is 5.32 Å². The Morgan fingerprint density at radius 2 is 1.75 bits per heavy atom. The van der Waals surface area contributed by atoms with E-state index < -0.39 is 11.6 Å². The average molecular weight is 277 g/mol. The molecule has 20 heavy (non-hydrogen) atoms. The quantitative estimate of drug-likeness (QED) is 0.868. The lowest BCUT2D eigenvalue weighted by Gasteiger charge is -2.19. The molecule has 0 fully saturated rings. The molecular formula is C16H17F2NO. The predicted molar refractivity (Wildman–Crippen MR) is 76.0 cm³/mol. The van der Waals surface area contributed by atoms with Crippen molar-refractivity contribution >= 4 is 5.69 Å². The highest BCUT2D eigenvalue weighted by Gasteiger charge is 2.12. The van der Waals surface area contributed by atoms with Gasteiger partial charge >= 0.3 is 0 Å². The molecule has 0 saturated heterocycles. The maximum atomic E-state index is 13.2. The van der Waals surface area contributed by atoms with Crippen molar-refractivity contribution in [3.05, 3.63) is 58.7 Å². The third-order valence-electron chi connectivity index (χ3n) is 3.45. The van der Waals surface area contributed by atoms with Crippen LogP contribution in [0.2, 0.25) is 0 Å². The monoisotopic (exact) mass is 277 g/mol. The van der Waals surface area contributed by atoms with E-state index in [4.69, 9.17) is 0 Å². The summed E-state index contributed by atoms with van der Waals surface area (Å²) in [5.74, 6) is -1.47. The van der Waals surface area contributed by atoms with Crippen LogP contribution >= 0.6 is 0 Å². The van der Waals surface area contributed by atoms with E-state index in [0.29, 0.717) is 5.56 Å². The first kappa shape index (κ1) is 14.3. The van der Waals surface area contributed by atoms with Crippen LogP contribution in [0, 0.1) is 25.5 Å². The molecule has 0 radical (unpaired) electrons. The van der Waals surface area contributed by atoms with Crippen molar-refractivity contribution in [2.45, 2.75) is 26.8 Å². The van der Waals surface area contributed by atoms with Crippen LogP contribution < -0.4 is 5.32 Å². The molecule has 0 aliphatic heterocycles. The van der Waals surface area contributed by atoms with Crippen LogP contribution in [0.15, 0.2) is 30.3 Å². The van der Waals surface area contributed by atoms with Crippen LogP contribution in [0.3, 0.4) is 0 Å². The normalized spacial score (nSPS) is 12.2. The molecule has 0 amide bonds. The van der Waals surface area contributed by atoms with Crippen LogP contribution in [-0.4, -0.2) is 5.11 Å². The van der Waals surface area contributed by atoms with Crippen molar-refractivity contribution in [1.82, 2.24) is 0 Å². The lowest BCUT2D eigenvalue weighted by Crippen LogP contribution is -2.08. The van der Waals surface area contributed by atoms with Gasteiger partial charge < -0.3 is 10.4 Å². The maximum absolute atomic E-state index is 13.2. The summed E-state index contributed by atoms with van der Waals surface area (Å²) < 4.78 is 26.2. The van der Waals surface area contributed by atoms with Crippen LogP contribution in [0.5, 0.6) is 5.75 Å². The highest BCUT2D eigenvalue weighted by atomic mass is 19.2. The number of phenols is 1. The Morgan fingerprint density at radius 1 is 1.05 bits per heavy atom. The van der Waals surface area contributed by atoms with E-state index in [1.165, 1.54) is 6.07 Å². The van der Waals surface area contributed by atoms with Crippen molar-refractivity contribution in [2.24, 2.45) is 0 Å². The number of rotatable bonds is 3. The fourth-order valence-electron chi connectivity index (χ4n) is 2.09. The highest BCUT2D eigenvalue weighted by Crippen LogP contribution is 2.30. The summed E-state index contributed by atoms with van der Waals surface area (Å²) in [6, 6.07) is 7.30. The Bertz CT molecular complexity index is 641. The number of aromatic hydroxyl groups is 1. The van der Waals surface area contributed by atoms with E-state index in [0.717, 1.165) is 22.9 Å². The van der Waals surface area contributed by atoms with Crippen molar-refractivity contribution in [3.8, 4) is 5.75 Å². The summed E-state index contributed by atoms with van der Waals surface area (Å²) in [4.78, 5) is 0. The van der Waals surface area contributed by atoms with E-state index in [1.54, 1.807) is 6.07 Å². The maximum Gasteiger partial charge on any atom is 0.159 e. The molecule has 0 aliphatic rings. The van der Waals surface area contributed by atoms with Crippen molar-refractivity contribution in [1.29, 1.82) is 0 Å². The largest absolute Gasteiger partial charge is 0.507 e. The zero-order valence-electron chi connectivity index (χ0n) is 11.7. The first-order valence-electron chi connectivity index (χ1n) is 6.40. The SMILES string of the molecule is Cc1ccc(NC(C)c2ccc(F)c(F)c2)c(C)c1O. The van der Waals surface area contributed by atoms with Gasteiger partial charge in [-0.3, -0.25) is 0 Å². The molecule has 0 aliphatic carbocycles. The van der Waals surface area contributed by atoms with Crippen LogP contribution in [-0.2, 0) is 0 Å². The summed E-state index contributed by atoms with van der Waals surface area (Å²) in [7, 11) is 0. The van der Waals surface area contributed by atoms with Crippen LogP contribution in [0.25, 0.3) is 0 Å². The minimum atomic E-state index is -0.861. The number of hydrogen-bond donors (Lipinski definition) is 2. The summed E-state index contributed by atoms with van der Waals surface area (Å²) in [6.07, 6.45) is 0. The average Bonchev–Trinajstić information content (AvgIpc) is 2.42. The Hall–Kier alpha value is -2.10. The fourth-order valence-corrected chi connectivity index (χ4v) is 2.09. The Balaban J connectivity index is 2.25. The van der Waals surface area contributed by atoms with Crippen molar-refractivity contribution in [3.63, 3.8) is 0 Å². The number of aryl methyl sites for hydroxylation is 1. The number of anilines is 1. The van der Waals surface area contributed by atoms with E-state index in [-0.39, 0.29) is 11.8 Å². The Labute approximate surface area is 117 Å². The summed E-state index contributed by atoms with van der Waals surface area (Å²) in [6.45, 7) is 5.48. The third-order valence-corrected chi connectivity index (χ3v) is 3.45. The molecule has 1 unspecified atom stereocenters. The molecule has 0 aromatic heterocycles. The summed E-state index contributed by atoms with van der Waals surface area (Å²) >= 11 is 0. The number of benzene rings is 2. The molecule has 2 nitrogen and oxygen atoms in total. The first-order valence-corrected chi connectivity index (χ1v) is 6.40. The predicted octanol–water partition coefficient (Wildman–Crippen LogP) is 4.46. The fraction of sp³-hybridized carbons (Fsp3) is 0.250. The topological polar surface area (TPSA) is 32.3 Å². The van der Waals surface area contributed by atoms with Gasteiger partial charge in [-0.1, -0.05) is 12.1 Å². The minimum Gasteiger partial charge on any atom is -0.507 e. The van der Waals surface area contributed by atoms with Gasteiger partial charge in [-0.15, -0.1) is 0 Å². The summed E-state index contributed by atoms with van der Waals surface area (Å²) in [5, 5.41) is 13.1. The molecular weight excluding hydrogens is 260 g/mol. The molecule has 0 heterocycles. The number of phenolic OH excluding ortho intramolecular Hbond substituents is 1. The van der Waals surface area contributed by atoms with Gasteiger partial charge in [0.1, 0.15) is 5.75 Å². The van der Waals surface area contributed by atoms with Gasteiger partial charge in [0, 0.05) is 17.3 Å². The lowest BCUT2D eigenvalue weighted by molar-refractivity contribution is 0.467. The third kappa shape index (κ3) is 2.74. The van der Waals surface area contributed by atoms with Gasteiger partial charge in [-0.25, -0.2) is 8.78 Å². The Morgan fingerprint density at radius 3 is 2.40 bits per heavy atom. The zero-order chi connectivity index (χ0) is 14.9. The standard InChI is InChI=1S/C16H17F2NO/c1-9-4-7-15(10(2)16(9)20)19-11(3)12-5-6-13(17)14(18)8-12/h4-8,11,19-20H,1-3H3. The first-order chi connectivity index (χ1) is 9.40. The molecule has 0 spiro atoms.